The minimum absolute atomic E-state index is 0.0538. The number of amides is 1. The second-order valence-corrected chi connectivity index (χ2v) is 7.43. The normalized spacial score (nSPS) is 11.2. The van der Waals surface area contributed by atoms with Crippen molar-refractivity contribution in [3.8, 4) is 0 Å². The fraction of sp³-hybridized carbons (Fsp3) is 0.267. The van der Waals surface area contributed by atoms with Gasteiger partial charge in [-0.2, -0.15) is 0 Å². The Morgan fingerprint density at radius 1 is 1.28 bits per heavy atom. The molecule has 1 aromatic carbocycles. The van der Waals surface area contributed by atoms with E-state index in [2.05, 4.69) is 4.98 Å². The van der Waals surface area contributed by atoms with Gasteiger partial charge in [-0.3, -0.25) is 9.69 Å². The molecule has 0 fully saturated rings. The third-order valence-corrected chi connectivity index (χ3v) is 5.08. The van der Waals surface area contributed by atoms with Gasteiger partial charge in [0.15, 0.2) is 5.13 Å². The molecule has 134 valence electrons. The molecular formula is C15H17N3O5S2. The zero-order valence-electron chi connectivity index (χ0n) is 13.6. The van der Waals surface area contributed by atoms with Crippen LogP contribution in [0.5, 0.6) is 0 Å². The van der Waals surface area contributed by atoms with Crippen molar-refractivity contribution >= 4 is 38.4 Å². The molecule has 2 aromatic rings. The molecule has 2 N–H and O–H groups in total. The van der Waals surface area contributed by atoms with Crippen LogP contribution in [0.3, 0.4) is 0 Å². The van der Waals surface area contributed by atoms with Gasteiger partial charge in [0.2, 0.25) is 15.9 Å². The van der Waals surface area contributed by atoms with E-state index in [1.54, 1.807) is 5.38 Å². The van der Waals surface area contributed by atoms with Crippen molar-refractivity contribution in [2.75, 3.05) is 11.4 Å². The Bertz CT molecular complexity index is 875. The maximum atomic E-state index is 12.0. The van der Waals surface area contributed by atoms with Gasteiger partial charge in [-0.1, -0.05) is 0 Å². The van der Waals surface area contributed by atoms with Gasteiger partial charge in [-0.05, 0) is 31.2 Å². The Hall–Kier alpha value is -2.30. The van der Waals surface area contributed by atoms with E-state index >= 15 is 0 Å². The van der Waals surface area contributed by atoms with E-state index in [1.807, 2.05) is 6.92 Å². The minimum Gasteiger partial charge on any atom is -0.456 e. The Morgan fingerprint density at radius 3 is 2.44 bits per heavy atom. The molecule has 25 heavy (non-hydrogen) atoms. The molecule has 0 unspecified atom stereocenters. The second-order valence-electron chi connectivity index (χ2n) is 5.03. The summed E-state index contributed by atoms with van der Waals surface area (Å²) in [5.74, 6) is -0.732. The molecule has 0 atom stereocenters. The first-order chi connectivity index (χ1) is 11.7. The van der Waals surface area contributed by atoms with Gasteiger partial charge in [-0.25, -0.2) is 23.3 Å². The lowest BCUT2D eigenvalue weighted by Crippen LogP contribution is -2.27. The lowest BCUT2D eigenvalue weighted by atomic mass is 10.2. The quantitative estimate of drug-likeness (QED) is 0.755. The summed E-state index contributed by atoms with van der Waals surface area (Å²) in [4.78, 5) is 29.2. The first-order valence-corrected chi connectivity index (χ1v) is 9.67. The highest BCUT2D eigenvalue weighted by Crippen LogP contribution is 2.21. The average molecular weight is 383 g/mol. The van der Waals surface area contributed by atoms with E-state index in [0.29, 0.717) is 17.4 Å². The fourth-order valence-corrected chi connectivity index (χ4v) is 3.42. The summed E-state index contributed by atoms with van der Waals surface area (Å²) in [6.45, 7) is 3.74. The highest BCUT2D eigenvalue weighted by atomic mass is 32.2. The first kappa shape index (κ1) is 19.0. The zero-order chi connectivity index (χ0) is 18.6. The maximum Gasteiger partial charge on any atom is 0.338 e. The molecule has 0 bridgehead atoms. The molecule has 0 spiro atoms. The average Bonchev–Trinajstić information content (AvgIpc) is 3.01. The lowest BCUT2D eigenvalue weighted by molar-refractivity contribution is -0.116. The predicted octanol–water partition coefficient (Wildman–Crippen LogP) is 1.52. The van der Waals surface area contributed by atoms with Crippen molar-refractivity contribution in [2.45, 2.75) is 25.3 Å². The van der Waals surface area contributed by atoms with Gasteiger partial charge >= 0.3 is 5.97 Å². The van der Waals surface area contributed by atoms with Crippen LogP contribution in [0.4, 0.5) is 5.13 Å². The highest BCUT2D eigenvalue weighted by Gasteiger charge is 2.15. The molecule has 0 aliphatic rings. The largest absolute Gasteiger partial charge is 0.456 e. The third kappa shape index (κ3) is 4.84. The molecule has 0 saturated heterocycles. The molecule has 1 amide bonds. The van der Waals surface area contributed by atoms with Crippen molar-refractivity contribution in [3.63, 3.8) is 0 Å². The number of hydrogen-bond donors (Lipinski definition) is 1. The van der Waals surface area contributed by atoms with Gasteiger partial charge in [0.1, 0.15) is 6.61 Å². The van der Waals surface area contributed by atoms with Crippen LogP contribution < -0.4 is 10.0 Å². The predicted molar refractivity (Wildman–Crippen MR) is 92.7 cm³/mol. The number of esters is 1. The number of thiazole rings is 1. The van der Waals surface area contributed by atoms with E-state index in [0.717, 1.165) is 0 Å². The van der Waals surface area contributed by atoms with Crippen LogP contribution in [0.2, 0.25) is 0 Å². The number of primary sulfonamides is 1. The summed E-state index contributed by atoms with van der Waals surface area (Å²) in [6.07, 6.45) is 0. The van der Waals surface area contributed by atoms with Crippen molar-refractivity contribution in [1.82, 2.24) is 4.98 Å². The maximum absolute atomic E-state index is 12.0. The Labute approximate surface area is 149 Å². The van der Waals surface area contributed by atoms with Crippen LogP contribution >= 0.6 is 11.3 Å². The number of ether oxygens (including phenoxy) is 1. The number of rotatable bonds is 6. The van der Waals surface area contributed by atoms with Crippen molar-refractivity contribution in [2.24, 2.45) is 5.14 Å². The summed E-state index contributed by atoms with van der Waals surface area (Å²) >= 11 is 1.28. The number of carbonyl (C=O) groups excluding carboxylic acids is 2. The Balaban J connectivity index is 2.01. The third-order valence-electron chi connectivity index (χ3n) is 3.24. The molecule has 0 aliphatic heterocycles. The van der Waals surface area contributed by atoms with Crippen molar-refractivity contribution in [3.05, 3.63) is 40.9 Å². The lowest BCUT2D eigenvalue weighted by Gasteiger charge is -2.14. The molecule has 0 aliphatic carbocycles. The SMILES string of the molecule is CCN(C(C)=O)c1nc(COC(=O)c2ccc(S(N)(=O)=O)cc2)cs1. The summed E-state index contributed by atoms with van der Waals surface area (Å²) in [6, 6.07) is 5.12. The number of benzene rings is 1. The molecule has 0 radical (unpaired) electrons. The van der Waals surface area contributed by atoms with Gasteiger partial charge in [0, 0.05) is 18.8 Å². The van der Waals surface area contributed by atoms with Gasteiger partial charge in [-0.15, -0.1) is 11.3 Å². The number of carbonyl (C=O) groups is 2. The number of sulfonamides is 1. The number of nitrogens with zero attached hydrogens (tertiary/aromatic N) is 2. The summed E-state index contributed by atoms with van der Waals surface area (Å²) in [5.41, 5.74) is 0.718. The molecule has 0 saturated carbocycles. The fourth-order valence-electron chi connectivity index (χ4n) is 1.98. The van der Waals surface area contributed by atoms with E-state index in [-0.39, 0.29) is 23.0 Å². The molecule has 2 rings (SSSR count). The van der Waals surface area contributed by atoms with Crippen LogP contribution in [-0.2, 0) is 26.2 Å². The summed E-state index contributed by atoms with van der Waals surface area (Å²) < 4.78 is 27.5. The number of hydrogen-bond acceptors (Lipinski definition) is 7. The molecule has 10 heteroatoms. The van der Waals surface area contributed by atoms with Crippen LogP contribution in [0.25, 0.3) is 0 Å². The van der Waals surface area contributed by atoms with E-state index in [9.17, 15) is 18.0 Å². The van der Waals surface area contributed by atoms with Crippen molar-refractivity contribution in [1.29, 1.82) is 0 Å². The Morgan fingerprint density at radius 2 is 1.92 bits per heavy atom. The van der Waals surface area contributed by atoms with E-state index in [1.165, 1.54) is 47.4 Å². The van der Waals surface area contributed by atoms with Crippen molar-refractivity contribution < 1.29 is 22.7 Å². The van der Waals surface area contributed by atoms with Gasteiger partial charge in [0.05, 0.1) is 16.2 Å². The molecule has 1 heterocycles. The van der Waals surface area contributed by atoms with E-state index in [4.69, 9.17) is 9.88 Å². The second kappa shape index (κ2) is 7.72. The van der Waals surface area contributed by atoms with E-state index < -0.39 is 16.0 Å². The Kier molecular flexibility index (Phi) is 5.88. The molecule has 1 aromatic heterocycles. The topological polar surface area (TPSA) is 120 Å². The van der Waals surface area contributed by atoms with Crippen LogP contribution in [0.15, 0.2) is 34.5 Å². The zero-order valence-corrected chi connectivity index (χ0v) is 15.3. The smallest absolute Gasteiger partial charge is 0.338 e. The van der Waals surface area contributed by atoms with Gasteiger partial charge < -0.3 is 4.74 Å². The number of anilines is 1. The minimum atomic E-state index is -3.81. The highest BCUT2D eigenvalue weighted by molar-refractivity contribution is 7.89. The van der Waals surface area contributed by atoms with Crippen LogP contribution in [0, 0.1) is 0 Å². The molecule has 8 nitrogen and oxygen atoms in total. The number of nitrogens with two attached hydrogens (primary N) is 1. The molecular weight excluding hydrogens is 366 g/mol. The summed E-state index contributed by atoms with van der Waals surface area (Å²) in [5, 5.41) is 7.24. The van der Waals surface area contributed by atoms with Crippen LogP contribution in [0.1, 0.15) is 29.9 Å². The standard InChI is InChI=1S/C15H17N3O5S2/c1-3-18(10(2)19)15-17-12(9-24-15)8-23-14(20)11-4-6-13(7-5-11)25(16,21)22/h4-7,9H,3,8H2,1-2H3,(H2,16,21,22). The van der Waals surface area contributed by atoms with Gasteiger partial charge in [0.25, 0.3) is 0 Å². The number of aromatic nitrogens is 1. The monoisotopic (exact) mass is 383 g/mol. The van der Waals surface area contributed by atoms with Crippen LogP contribution in [-0.4, -0.2) is 31.8 Å². The first-order valence-electron chi connectivity index (χ1n) is 7.25. The summed E-state index contributed by atoms with van der Waals surface area (Å²) in [7, 11) is -3.81.